The minimum atomic E-state index is 0.106. The number of likely N-dealkylation sites (tertiary alicyclic amines) is 1. The Morgan fingerprint density at radius 1 is 1.25 bits per heavy atom. The van der Waals surface area contributed by atoms with Gasteiger partial charge in [0.15, 0.2) is 0 Å². The van der Waals surface area contributed by atoms with Crippen molar-refractivity contribution in [2.75, 3.05) is 39.3 Å². The van der Waals surface area contributed by atoms with E-state index in [0.717, 1.165) is 52.0 Å². The summed E-state index contributed by atoms with van der Waals surface area (Å²) in [5.74, 6) is 0.450. The number of nitrogens with one attached hydrogen (secondary N) is 3. The summed E-state index contributed by atoms with van der Waals surface area (Å²) >= 11 is 0. The van der Waals surface area contributed by atoms with E-state index in [4.69, 9.17) is 0 Å². The Labute approximate surface area is 120 Å². The Bertz CT molecular complexity index is 336. The van der Waals surface area contributed by atoms with Crippen molar-refractivity contribution in [3.63, 3.8) is 0 Å². The lowest BCUT2D eigenvalue weighted by molar-refractivity contribution is -0.128. The third-order valence-electron chi connectivity index (χ3n) is 4.03. The van der Waals surface area contributed by atoms with Crippen molar-refractivity contribution in [3.05, 3.63) is 0 Å². The van der Waals surface area contributed by atoms with Crippen LogP contribution in [0.5, 0.6) is 0 Å². The monoisotopic (exact) mass is 282 g/mol. The molecule has 0 unspecified atom stereocenters. The summed E-state index contributed by atoms with van der Waals surface area (Å²) in [6.07, 6.45) is 2.84. The van der Waals surface area contributed by atoms with Crippen LogP contribution in [0.4, 0.5) is 0 Å². The van der Waals surface area contributed by atoms with Gasteiger partial charge in [0.25, 0.3) is 0 Å². The molecule has 2 heterocycles. The van der Waals surface area contributed by atoms with Crippen LogP contribution in [0.25, 0.3) is 0 Å². The summed E-state index contributed by atoms with van der Waals surface area (Å²) in [7, 11) is 0. The molecule has 2 rings (SSSR count). The first-order valence-corrected chi connectivity index (χ1v) is 7.69. The van der Waals surface area contributed by atoms with Gasteiger partial charge in [-0.3, -0.25) is 14.5 Å². The van der Waals surface area contributed by atoms with Gasteiger partial charge in [-0.1, -0.05) is 6.92 Å². The Morgan fingerprint density at radius 3 is 2.50 bits per heavy atom. The molecule has 2 saturated heterocycles. The highest BCUT2D eigenvalue weighted by molar-refractivity contribution is 5.80. The Hall–Kier alpha value is -1.14. The first kappa shape index (κ1) is 15.3. The maximum atomic E-state index is 11.8. The molecule has 6 nitrogen and oxygen atoms in total. The molecule has 0 aliphatic carbocycles. The fraction of sp³-hybridized carbons (Fsp3) is 0.857. The van der Waals surface area contributed by atoms with Crippen LogP contribution in [0.3, 0.4) is 0 Å². The Balaban J connectivity index is 1.62. The number of amides is 2. The topological polar surface area (TPSA) is 73.5 Å². The minimum Gasteiger partial charge on any atom is -0.355 e. The number of hydrogen-bond donors (Lipinski definition) is 3. The van der Waals surface area contributed by atoms with E-state index in [1.54, 1.807) is 0 Å². The predicted molar refractivity (Wildman–Crippen MR) is 77.3 cm³/mol. The molecule has 6 heteroatoms. The van der Waals surface area contributed by atoms with Gasteiger partial charge in [-0.25, -0.2) is 0 Å². The molecule has 0 atom stereocenters. The average Bonchev–Trinajstić information content (AvgIpc) is 2.36. The lowest BCUT2D eigenvalue weighted by Gasteiger charge is -2.34. The summed E-state index contributed by atoms with van der Waals surface area (Å²) < 4.78 is 0. The first-order chi connectivity index (χ1) is 9.69. The van der Waals surface area contributed by atoms with Crippen LogP contribution in [-0.2, 0) is 9.59 Å². The van der Waals surface area contributed by atoms with Gasteiger partial charge in [-0.15, -0.1) is 0 Å². The molecule has 2 aliphatic heterocycles. The van der Waals surface area contributed by atoms with Gasteiger partial charge >= 0.3 is 0 Å². The number of carbonyl (C=O) groups is 2. The Kier molecular flexibility index (Phi) is 5.79. The van der Waals surface area contributed by atoms with Crippen molar-refractivity contribution in [2.24, 2.45) is 5.92 Å². The summed E-state index contributed by atoms with van der Waals surface area (Å²) in [5.41, 5.74) is 0. The van der Waals surface area contributed by atoms with Crippen LogP contribution in [0, 0.1) is 5.92 Å². The van der Waals surface area contributed by atoms with Gasteiger partial charge < -0.3 is 16.0 Å². The van der Waals surface area contributed by atoms with E-state index in [1.165, 1.54) is 0 Å². The van der Waals surface area contributed by atoms with Crippen molar-refractivity contribution in [1.29, 1.82) is 0 Å². The van der Waals surface area contributed by atoms with Crippen LogP contribution in [0.1, 0.15) is 26.2 Å². The zero-order chi connectivity index (χ0) is 14.4. The molecule has 2 fully saturated rings. The second-order valence-corrected chi connectivity index (χ2v) is 5.76. The number of nitrogens with zero attached hydrogens (tertiary/aromatic N) is 1. The lowest BCUT2D eigenvalue weighted by Crippen LogP contribution is -2.54. The highest BCUT2D eigenvalue weighted by Gasteiger charge is 2.28. The molecule has 0 radical (unpaired) electrons. The van der Waals surface area contributed by atoms with E-state index in [1.807, 2.05) is 6.92 Å². The van der Waals surface area contributed by atoms with Crippen molar-refractivity contribution in [3.8, 4) is 0 Å². The van der Waals surface area contributed by atoms with E-state index < -0.39 is 0 Å². The van der Waals surface area contributed by atoms with Crippen molar-refractivity contribution < 1.29 is 9.59 Å². The zero-order valence-corrected chi connectivity index (χ0v) is 12.3. The molecule has 114 valence electrons. The summed E-state index contributed by atoms with van der Waals surface area (Å²) in [6.45, 7) is 6.66. The summed E-state index contributed by atoms with van der Waals surface area (Å²) in [4.78, 5) is 25.6. The van der Waals surface area contributed by atoms with E-state index in [9.17, 15) is 9.59 Å². The van der Waals surface area contributed by atoms with Gasteiger partial charge in [0.2, 0.25) is 11.8 Å². The first-order valence-electron chi connectivity index (χ1n) is 7.69. The summed E-state index contributed by atoms with van der Waals surface area (Å²) in [5, 5.41) is 9.13. The third-order valence-corrected chi connectivity index (χ3v) is 4.03. The molecule has 0 bridgehead atoms. The third kappa shape index (κ3) is 4.45. The summed E-state index contributed by atoms with van der Waals surface area (Å²) in [6, 6.07) is 0.276. The van der Waals surface area contributed by atoms with Crippen molar-refractivity contribution >= 4 is 11.8 Å². The number of hydrogen-bond acceptors (Lipinski definition) is 4. The second-order valence-electron chi connectivity index (χ2n) is 5.76. The maximum absolute atomic E-state index is 11.8. The van der Waals surface area contributed by atoms with Gasteiger partial charge in [0, 0.05) is 38.8 Å². The van der Waals surface area contributed by atoms with E-state index >= 15 is 0 Å². The molecule has 2 amide bonds. The standard InChI is InChI=1S/C14H26N4O2/c1-2-5-16-13(19)10-18-6-3-12(4-7-18)17-14(20)11-8-15-9-11/h11-12,15H,2-10H2,1H3,(H,16,19)(H,17,20). The molecule has 20 heavy (non-hydrogen) atoms. The van der Waals surface area contributed by atoms with Crippen molar-refractivity contribution in [2.45, 2.75) is 32.2 Å². The van der Waals surface area contributed by atoms with Gasteiger partial charge in [-0.05, 0) is 19.3 Å². The number of piperidine rings is 1. The van der Waals surface area contributed by atoms with Crippen LogP contribution in [-0.4, -0.2) is 62.0 Å². The molecular formula is C14H26N4O2. The average molecular weight is 282 g/mol. The molecule has 0 saturated carbocycles. The number of rotatable bonds is 6. The fourth-order valence-electron chi connectivity index (χ4n) is 2.55. The van der Waals surface area contributed by atoms with Gasteiger partial charge in [-0.2, -0.15) is 0 Å². The minimum absolute atomic E-state index is 0.106. The fourth-order valence-corrected chi connectivity index (χ4v) is 2.55. The largest absolute Gasteiger partial charge is 0.355 e. The highest BCUT2D eigenvalue weighted by atomic mass is 16.2. The maximum Gasteiger partial charge on any atom is 0.234 e. The van der Waals surface area contributed by atoms with Crippen LogP contribution >= 0.6 is 0 Å². The van der Waals surface area contributed by atoms with Crippen molar-refractivity contribution in [1.82, 2.24) is 20.9 Å². The lowest BCUT2D eigenvalue weighted by atomic mass is 9.99. The molecule has 0 spiro atoms. The predicted octanol–water partition coefficient (Wildman–Crippen LogP) is -0.687. The van der Waals surface area contributed by atoms with Gasteiger partial charge in [0.05, 0.1) is 12.5 Å². The molecule has 0 aromatic rings. The second kappa shape index (κ2) is 7.59. The van der Waals surface area contributed by atoms with Crippen LogP contribution in [0.2, 0.25) is 0 Å². The highest BCUT2D eigenvalue weighted by Crippen LogP contribution is 2.11. The van der Waals surface area contributed by atoms with E-state index in [2.05, 4.69) is 20.9 Å². The van der Waals surface area contributed by atoms with Gasteiger partial charge in [0.1, 0.15) is 0 Å². The molecule has 3 N–H and O–H groups in total. The van der Waals surface area contributed by atoms with E-state index in [-0.39, 0.29) is 23.8 Å². The SMILES string of the molecule is CCCNC(=O)CN1CCC(NC(=O)C2CNC2)CC1. The van der Waals surface area contributed by atoms with Crippen LogP contribution < -0.4 is 16.0 Å². The molecule has 0 aromatic carbocycles. The molecular weight excluding hydrogens is 256 g/mol. The smallest absolute Gasteiger partial charge is 0.234 e. The normalized spacial score (nSPS) is 21.2. The quantitative estimate of drug-likeness (QED) is 0.603. The zero-order valence-electron chi connectivity index (χ0n) is 12.3. The molecule has 2 aliphatic rings. The Morgan fingerprint density at radius 2 is 1.95 bits per heavy atom. The molecule has 0 aromatic heterocycles. The number of carbonyl (C=O) groups excluding carboxylic acids is 2. The van der Waals surface area contributed by atoms with Crippen LogP contribution in [0.15, 0.2) is 0 Å². The van der Waals surface area contributed by atoms with E-state index in [0.29, 0.717) is 6.54 Å².